The average Bonchev–Trinajstić information content (AvgIpc) is 3.44. The Kier molecular flexibility index (Phi) is 9.93. The summed E-state index contributed by atoms with van der Waals surface area (Å²) in [4.78, 5) is 25.7. The van der Waals surface area contributed by atoms with Crippen molar-refractivity contribution in [3.63, 3.8) is 0 Å². The zero-order valence-corrected chi connectivity index (χ0v) is 26.3. The molecular weight excluding hydrogens is 642 g/mol. The minimum absolute atomic E-state index is 0.0323. The predicted octanol–water partition coefficient (Wildman–Crippen LogP) is 8.53. The van der Waals surface area contributed by atoms with Crippen LogP contribution >= 0.6 is 11.8 Å². The van der Waals surface area contributed by atoms with Crippen molar-refractivity contribution in [2.45, 2.75) is 62.3 Å². The Balaban J connectivity index is 1.74. The molecule has 4 aromatic rings. The van der Waals surface area contributed by atoms with E-state index in [4.69, 9.17) is 5.11 Å². The van der Waals surface area contributed by atoms with E-state index in [0.29, 0.717) is 23.7 Å². The molecule has 12 heteroatoms. The van der Waals surface area contributed by atoms with Crippen LogP contribution in [-0.2, 0) is 23.3 Å². The summed E-state index contributed by atoms with van der Waals surface area (Å²) in [5.41, 5.74) is -1.05. The zero-order chi connectivity index (χ0) is 34.1. The Morgan fingerprint density at radius 1 is 1.02 bits per heavy atom. The molecule has 2 heterocycles. The van der Waals surface area contributed by atoms with Crippen molar-refractivity contribution in [1.29, 1.82) is 0 Å². The van der Waals surface area contributed by atoms with Crippen LogP contribution in [0, 0.1) is 12.7 Å². The monoisotopic (exact) mass is 674 g/mol. The van der Waals surface area contributed by atoms with Crippen LogP contribution in [0.2, 0.25) is 0 Å². The maximum Gasteiger partial charge on any atom is 0.416 e. The second-order valence-corrected chi connectivity index (χ2v) is 12.6. The summed E-state index contributed by atoms with van der Waals surface area (Å²) in [6.45, 7) is 2.56. The number of alkyl halides is 5. The fourth-order valence-electron chi connectivity index (χ4n) is 6.08. The third-order valence-electron chi connectivity index (χ3n) is 8.37. The standard InChI is InChI=1S/C35H32F6N2O3S/c1-20-24(18-25-26(35(39,40)41)13-7-14-27(25)36)33-43(32(46)30(20)22-11-6-12-23(17-22)34(2,37)38)28(19-47-33)31(21-9-4-3-5-10-21)42-16-8-15-29(44)45/h3-7,9-14,17,28,31,42H,8,15-16,18-19H2,1-2H3,(H,44,45). The van der Waals surface area contributed by atoms with Gasteiger partial charge in [0.2, 0.25) is 0 Å². The molecule has 2 atom stereocenters. The van der Waals surface area contributed by atoms with E-state index in [1.807, 2.05) is 30.3 Å². The molecule has 2 N–H and O–H groups in total. The third kappa shape index (κ3) is 7.28. The molecule has 0 fully saturated rings. The zero-order valence-electron chi connectivity index (χ0n) is 25.5. The molecule has 0 aliphatic carbocycles. The molecule has 248 valence electrons. The smallest absolute Gasteiger partial charge is 0.416 e. The molecule has 0 saturated heterocycles. The fourth-order valence-corrected chi connectivity index (χ4v) is 7.51. The molecule has 0 radical (unpaired) electrons. The van der Waals surface area contributed by atoms with Gasteiger partial charge in [-0.15, -0.1) is 11.8 Å². The number of pyridine rings is 1. The Morgan fingerprint density at radius 3 is 2.38 bits per heavy atom. The number of fused-ring (bicyclic) bond motifs is 1. The highest BCUT2D eigenvalue weighted by atomic mass is 32.2. The summed E-state index contributed by atoms with van der Waals surface area (Å²) in [5, 5.41) is 12.9. The normalized spacial score (nSPS) is 15.4. The van der Waals surface area contributed by atoms with Gasteiger partial charge in [0, 0.05) is 36.6 Å². The van der Waals surface area contributed by atoms with E-state index in [1.165, 1.54) is 40.6 Å². The lowest BCUT2D eigenvalue weighted by atomic mass is 9.91. The first-order valence-corrected chi connectivity index (χ1v) is 15.9. The maximum atomic E-state index is 15.2. The molecule has 2 unspecified atom stereocenters. The van der Waals surface area contributed by atoms with Crippen molar-refractivity contribution in [3.05, 3.63) is 122 Å². The lowest BCUT2D eigenvalue weighted by Gasteiger charge is -2.28. The first kappa shape index (κ1) is 34.3. The third-order valence-corrected chi connectivity index (χ3v) is 9.60. The number of nitrogens with one attached hydrogen (secondary N) is 1. The number of hydrogen-bond donors (Lipinski definition) is 2. The second-order valence-electron chi connectivity index (χ2n) is 11.6. The Morgan fingerprint density at radius 2 is 1.72 bits per heavy atom. The van der Waals surface area contributed by atoms with Crippen LogP contribution in [0.15, 0.2) is 82.6 Å². The molecule has 1 aromatic heterocycles. The second kappa shape index (κ2) is 13.6. The SMILES string of the molecule is Cc1c(Cc2c(F)cccc2C(F)(F)F)c2n(c(=O)c1-c1cccc(C(C)(F)F)c1)C(C(NCCCC(=O)O)c1ccccc1)CS2. The number of carboxylic acids is 1. The predicted molar refractivity (Wildman–Crippen MR) is 168 cm³/mol. The molecule has 1 aliphatic rings. The summed E-state index contributed by atoms with van der Waals surface area (Å²) in [6, 6.07) is 16.1. The lowest BCUT2D eigenvalue weighted by molar-refractivity contribution is -0.138. The van der Waals surface area contributed by atoms with Crippen LogP contribution in [-0.4, -0.2) is 27.9 Å². The molecule has 47 heavy (non-hydrogen) atoms. The van der Waals surface area contributed by atoms with Gasteiger partial charge in [0.25, 0.3) is 11.5 Å². The molecule has 5 nitrogen and oxygen atoms in total. The highest BCUT2D eigenvalue weighted by molar-refractivity contribution is 7.99. The Hall–Kier alpha value is -4.03. The van der Waals surface area contributed by atoms with E-state index in [-0.39, 0.29) is 34.2 Å². The van der Waals surface area contributed by atoms with Gasteiger partial charge in [-0.25, -0.2) is 13.2 Å². The molecule has 1 aliphatic heterocycles. The van der Waals surface area contributed by atoms with E-state index in [1.54, 1.807) is 6.92 Å². The largest absolute Gasteiger partial charge is 0.481 e. The van der Waals surface area contributed by atoms with Crippen molar-refractivity contribution in [3.8, 4) is 11.1 Å². The van der Waals surface area contributed by atoms with Gasteiger partial charge in [-0.3, -0.25) is 14.2 Å². The van der Waals surface area contributed by atoms with Crippen LogP contribution in [0.3, 0.4) is 0 Å². The number of benzene rings is 3. The number of halogens is 6. The first-order valence-electron chi connectivity index (χ1n) is 14.9. The fraction of sp³-hybridized carbons (Fsp3) is 0.314. The summed E-state index contributed by atoms with van der Waals surface area (Å²) in [7, 11) is 0. The average molecular weight is 675 g/mol. The van der Waals surface area contributed by atoms with Crippen molar-refractivity contribution in [2.24, 2.45) is 0 Å². The number of hydrogen-bond acceptors (Lipinski definition) is 4. The summed E-state index contributed by atoms with van der Waals surface area (Å²) < 4.78 is 87.7. The molecule has 0 bridgehead atoms. The highest BCUT2D eigenvalue weighted by Crippen LogP contribution is 2.45. The van der Waals surface area contributed by atoms with Gasteiger partial charge in [0.1, 0.15) is 5.82 Å². The van der Waals surface area contributed by atoms with E-state index < -0.39 is 59.1 Å². The number of rotatable bonds is 11. The van der Waals surface area contributed by atoms with Gasteiger partial charge in [-0.2, -0.15) is 13.2 Å². The number of carbonyl (C=O) groups is 1. The molecular formula is C35H32F6N2O3S. The minimum atomic E-state index is -4.85. The Labute approximate surface area is 271 Å². The van der Waals surface area contributed by atoms with E-state index >= 15 is 4.39 Å². The number of aliphatic carboxylic acids is 1. The van der Waals surface area contributed by atoms with Crippen molar-refractivity contribution < 1.29 is 36.2 Å². The summed E-state index contributed by atoms with van der Waals surface area (Å²) in [5.74, 6) is -4.93. The van der Waals surface area contributed by atoms with Crippen LogP contribution in [0.1, 0.15) is 65.2 Å². The summed E-state index contributed by atoms with van der Waals surface area (Å²) in [6.07, 6.45) is -5.13. The van der Waals surface area contributed by atoms with Crippen LogP contribution in [0.5, 0.6) is 0 Å². The van der Waals surface area contributed by atoms with E-state index in [0.717, 1.165) is 30.7 Å². The first-order chi connectivity index (χ1) is 22.2. The maximum absolute atomic E-state index is 15.2. The van der Waals surface area contributed by atoms with Crippen molar-refractivity contribution >= 4 is 17.7 Å². The van der Waals surface area contributed by atoms with Crippen molar-refractivity contribution in [2.75, 3.05) is 12.3 Å². The topological polar surface area (TPSA) is 71.3 Å². The van der Waals surface area contributed by atoms with Gasteiger partial charge in [0.05, 0.1) is 28.2 Å². The lowest BCUT2D eigenvalue weighted by Crippen LogP contribution is -2.36. The number of carboxylic acid groups (broad SMARTS) is 1. The van der Waals surface area contributed by atoms with Crippen LogP contribution < -0.4 is 10.9 Å². The molecule has 0 saturated carbocycles. The van der Waals surface area contributed by atoms with Gasteiger partial charge in [0.15, 0.2) is 0 Å². The molecule has 0 amide bonds. The van der Waals surface area contributed by atoms with Gasteiger partial charge < -0.3 is 10.4 Å². The van der Waals surface area contributed by atoms with Gasteiger partial charge >= 0.3 is 12.1 Å². The Bertz CT molecular complexity index is 1840. The van der Waals surface area contributed by atoms with Crippen LogP contribution in [0.25, 0.3) is 11.1 Å². The quantitative estimate of drug-likeness (QED) is 0.123. The van der Waals surface area contributed by atoms with E-state index in [2.05, 4.69) is 5.32 Å². The highest BCUT2D eigenvalue weighted by Gasteiger charge is 2.38. The number of thioether (sulfide) groups is 1. The van der Waals surface area contributed by atoms with Crippen LogP contribution in [0.4, 0.5) is 26.3 Å². The van der Waals surface area contributed by atoms with Gasteiger partial charge in [-0.1, -0.05) is 54.6 Å². The van der Waals surface area contributed by atoms with E-state index in [9.17, 15) is 31.5 Å². The molecule has 3 aromatic carbocycles. The molecule has 0 spiro atoms. The number of aromatic nitrogens is 1. The van der Waals surface area contributed by atoms with Gasteiger partial charge in [-0.05, 0) is 60.3 Å². The number of nitrogens with zero attached hydrogens (tertiary/aromatic N) is 1. The summed E-state index contributed by atoms with van der Waals surface area (Å²) >= 11 is 1.25. The minimum Gasteiger partial charge on any atom is -0.481 e. The van der Waals surface area contributed by atoms with Crippen molar-refractivity contribution in [1.82, 2.24) is 9.88 Å². The molecule has 5 rings (SSSR count).